The van der Waals surface area contributed by atoms with Crippen LogP contribution in [0.2, 0.25) is 0 Å². The lowest BCUT2D eigenvalue weighted by molar-refractivity contribution is 1.47. The van der Waals surface area contributed by atoms with E-state index in [2.05, 4.69) is 0 Å². The first-order valence-electron chi connectivity index (χ1n) is 5.23. The third-order valence-electron chi connectivity index (χ3n) is 2.23. The molecule has 0 atom stereocenters. The number of para-hydroxylation sites is 1. The summed E-state index contributed by atoms with van der Waals surface area (Å²) in [6.07, 6.45) is 0. The lowest BCUT2D eigenvalue weighted by atomic mass is 10.2. The summed E-state index contributed by atoms with van der Waals surface area (Å²) in [6.45, 7) is 4.02. The summed E-state index contributed by atoms with van der Waals surface area (Å²) in [6, 6.07) is 15.6. The van der Waals surface area contributed by atoms with Crippen LogP contribution in [0.4, 0.5) is 11.4 Å². The van der Waals surface area contributed by atoms with E-state index in [0.29, 0.717) is 0 Å². The molecular formula is C14H18N2. The molecule has 0 bridgehead atoms. The van der Waals surface area contributed by atoms with Crippen LogP contribution < -0.4 is 11.5 Å². The van der Waals surface area contributed by atoms with Gasteiger partial charge >= 0.3 is 0 Å². The molecule has 0 radical (unpaired) electrons. The first-order valence-corrected chi connectivity index (χ1v) is 5.23. The summed E-state index contributed by atoms with van der Waals surface area (Å²) >= 11 is 0. The average molecular weight is 214 g/mol. The highest BCUT2D eigenvalue weighted by Crippen LogP contribution is 2.06. The molecular weight excluding hydrogens is 196 g/mol. The Morgan fingerprint density at radius 3 is 1.88 bits per heavy atom. The second-order valence-corrected chi connectivity index (χ2v) is 3.77. The van der Waals surface area contributed by atoms with Crippen molar-refractivity contribution in [2.24, 2.45) is 0 Å². The van der Waals surface area contributed by atoms with Gasteiger partial charge in [0, 0.05) is 11.4 Å². The van der Waals surface area contributed by atoms with Crippen molar-refractivity contribution in [3.8, 4) is 0 Å². The molecule has 0 unspecified atom stereocenters. The maximum Gasteiger partial charge on any atom is 0.0343 e. The van der Waals surface area contributed by atoms with Crippen LogP contribution in [0.5, 0.6) is 0 Å². The Balaban J connectivity index is 0.000000160. The molecule has 2 nitrogen and oxygen atoms in total. The summed E-state index contributed by atoms with van der Waals surface area (Å²) in [5.41, 5.74) is 15.0. The van der Waals surface area contributed by atoms with Gasteiger partial charge in [0.25, 0.3) is 0 Å². The second kappa shape index (κ2) is 5.81. The Morgan fingerprint density at radius 2 is 1.50 bits per heavy atom. The Morgan fingerprint density at radius 1 is 0.812 bits per heavy atom. The van der Waals surface area contributed by atoms with E-state index in [1.165, 1.54) is 5.56 Å². The van der Waals surface area contributed by atoms with E-state index in [-0.39, 0.29) is 0 Å². The van der Waals surface area contributed by atoms with E-state index in [0.717, 1.165) is 16.9 Å². The Kier molecular flexibility index (Phi) is 4.40. The van der Waals surface area contributed by atoms with Gasteiger partial charge < -0.3 is 11.5 Å². The number of hydrogen-bond acceptors (Lipinski definition) is 2. The molecule has 0 aliphatic heterocycles. The molecule has 2 aromatic rings. The van der Waals surface area contributed by atoms with Crippen molar-refractivity contribution in [3.05, 3.63) is 59.7 Å². The first kappa shape index (κ1) is 12.1. The summed E-state index contributed by atoms with van der Waals surface area (Å²) in [7, 11) is 0. The van der Waals surface area contributed by atoms with Crippen LogP contribution in [0.3, 0.4) is 0 Å². The van der Waals surface area contributed by atoms with Crippen molar-refractivity contribution >= 4 is 11.4 Å². The molecule has 2 rings (SSSR count). The number of nitrogen functional groups attached to an aromatic ring is 2. The highest BCUT2D eigenvalue weighted by molar-refractivity contribution is 5.45. The van der Waals surface area contributed by atoms with Gasteiger partial charge in [-0.25, -0.2) is 0 Å². The summed E-state index contributed by atoms with van der Waals surface area (Å²) in [4.78, 5) is 0. The topological polar surface area (TPSA) is 52.0 Å². The van der Waals surface area contributed by atoms with Gasteiger partial charge in [-0.2, -0.15) is 0 Å². The third-order valence-corrected chi connectivity index (χ3v) is 2.23. The molecule has 0 amide bonds. The van der Waals surface area contributed by atoms with Gasteiger partial charge in [-0.3, -0.25) is 0 Å². The second-order valence-electron chi connectivity index (χ2n) is 3.77. The lowest BCUT2D eigenvalue weighted by Crippen LogP contribution is -1.85. The van der Waals surface area contributed by atoms with Gasteiger partial charge in [-0.15, -0.1) is 0 Å². The number of rotatable bonds is 0. The number of nitrogens with two attached hydrogens (primary N) is 2. The Hall–Kier alpha value is -1.96. The van der Waals surface area contributed by atoms with Crippen molar-refractivity contribution in [1.29, 1.82) is 0 Å². The minimum absolute atomic E-state index is 0.838. The molecule has 0 saturated heterocycles. The minimum atomic E-state index is 0.838. The van der Waals surface area contributed by atoms with Gasteiger partial charge in [0.05, 0.1) is 0 Å². The van der Waals surface area contributed by atoms with Gasteiger partial charge in [-0.1, -0.05) is 30.3 Å². The van der Waals surface area contributed by atoms with E-state index >= 15 is 0 Å². The van der Waals surface area contributed by atoms with Crippen LogP contribution in [-0.4, -0.2) is 0 Å². The molecule has 4 N–H and O–H groups in total. The molecule has 0 fully saturated rings. The summed E-state index contributed by atoms with van der Waals surface area (Å²) < 4.78 is 0. The van der Waals surface area contributed by atoms with Crippen LogP contribution in [0.25, 0.3) is 0 Å². The standard InChI is InChI=1S/2C7H9N/c1-6-3-2-4-7(8)5-6;1-6-4-2-3-5-7(6)8/h2*2-5H,8H2,1H3. The predicted octanol–water partition coefficient (Wildman–Crippen LogP) is 3.15. The van der Waals surface area contributed by atoms with Crippen molar-refractivity contribution in [3.63, 3.8) is 0 Å². The van der Waals surface area contributed by atoms with Gasteiger partial charge in [0.15, 0.2) is 0 Å². The van der Waals surface area contributed by atoms with Crippen LogP contribution in [0, 0.1) is 13.8 Å². The zero-order valence-electron chi connectivity index (χ0n) is 9.77. The summed E-state index contributed by atoms with van der Waals surface area (Å²) in [5, 5.41) is 0. The predicted molar refractivity (Wildman–Crippen MR) is 71.2 cm³/mol. The highest BCUT2D eigenvalue weighted by Gasteiger charge is 1.84. The van der Waals surface area contributed by atoms with Crippen LogP contribution in [-0.2, 0) is 0 Å². The fourth-order valence-corrected chi connectivity index (χ4v) is 1.26. The van der Waals surface area contributed by atoms with Crippen LogP contribution in [0.1, 0.15) is 11.1 Å². The quantitative estimate of drug-likeness (QED) is 0.662. The molecule has 0 aliphatic carbocycles. The van der Waals surface area contributed by atoms with Gasteiger partial charge in [-0.05, 0) is 43.2 Å². The SMILES string of the molecule is Cc1cccc(N)c1.Cc1ccccc1N. The zero-order chi connectivity index (χ0) is 12.0. The Bertz CT molecular complexity index is 412. The maximum absolute atomic E-state index is 5.52. The molecule has 16 heavy (non-hydrogen) atoms. The smallest absolute Gasteiger partial charge is 0.0343 e. The molecule has 2 aromatic carbocycles. The van der Waals surface area contributed by atoms with Crippen molar-refractivity contribution in [2.75, 3.05) is 11.5 Å². The fourth-order valence-electron chi connectivity index (χ4n) is 1.26. The first-order chi connectivity index (χ1) is 7.59. The van der Waals surface area contributed by atoms with E-state index in [1.807, 2.05) is 62.4 Å². The molecule has 0 heterocycles. The van der Waals surface area contributed by atoms with Crippen molar-refractivity contribution in [1.82, 2.24) is 0 Å². The fraction of sp³-hybridized carbons (Fsp3) is 0.143. The molecule has 0 aromatic heterocycles. The number of benzene rings is 2. The minimum Gasteiger partial charge on any atom is -0.399 e. The van der Waals surface area contributed by atoms with Crippen molar-refractivity contribution in [2.45, 2.75) is 13.8 Å². The van der Waals surface area contributed by atoms with Crippen molar-refractivity contribution < 1.29 is 0 Å². The third kappa shape index (κ3) is 4.05. The number of aryl methyl sites for hydroxylation is 2. The number of hydrogen-bond donors (Lipinski definition) is 2. The van der Waals surface area contributed by atoms with Gasteiger partial charge in [0.1, 0.15) is 0 Å². The molecule has 0 aliphatic rings. The van der Waals surface area contributed by atoms with Gasteiger partial charge in [0.2, 0.25) is 0 Å². The molecule has 2 heteroatoms. The maximum atomic E-state index is 5.52. The van der Waals surface area contributed by atoms with Crippen LogP contribution >= 0.6 is 0 Å². The molecule has 84 valence electrons. The Labute approximate surface area is 96.9 Å². The van der Waals surface area contributed by atoms with Crippen LogP contribution in [0.15, 0.2) is 48.5 Å². The number of anilines is 2. The average Bonchev–Trinajstić information content (AvgIpc) is 2.23. The zero-order valence-corrected chi connectivity index (χ0v) is 9.77. The summed E-state index contributed by atoms with van der Waals surface area (Å²) in [5.74, 6) is 0. The van der Waals surface area contributed by atoms with E-state index < -0.39 is 0 Å². The monoisotopic (exact) mass is 214 g/mol. The van der Waals surface area contributed by atoms with E-state index in [9.17, 15) is 0 Å². The lowest BCUT2D eigenvalue weighted by Gasteiger charge is -1.93. The largest absolute Gasteiger partial charge is 0.399 e. The molecule has 0 saturated carbocycles. The highest BCUT2D eigenvalue weighted by atomic mass is 14.5. The normalized spacial score (nSPS) is 9.12. The van der Waals surface area contributed by atoms with E-state index in [1.54, 1.807) is 0 Å². The van der Waals surface area contributed by atoms with E-state index in [4.69, 9.17) is 11.5 Å². The molecule has 0 spiro atoms.